The van der Waals surface area contributed by atoms with Crippen molar-refractivity contribution in [3.63, 3.8) is 0 Å². The molecule has 1 unspecified atom stereocenters. The van der Waals surface area contributed by atoms with Gasteiger partial charge in [0.1, 0.15) is 17.6 Å². The fraction of sp³-hybridized carbons (Fsp3) is 0.385. The molecule has 1 aromatic rings. The first kappa shape index (κ1) is 14.0. The molecule has 1 amide bonds. The van der Waals surface area contributed by atoms with E-state index in [2.05, 4.69) is 5.32 Å². The number of allylic oxidation sites excluding steroid dienone is 1. The van der Waals surface area contributed by atoms with Gasteiger partial charge in [0.2, 0.25) is 0 Å². The van der Waals surface area contributed by atoms with E-state index in [4.69, 9.17) is 9.52 Å². The van der Waals surface area contributed by atoms with Gasteiger partial charge in [-0.3, -0.25) is 4.79 Å². The first-order valence-corrected chi connectivity index (χ1v) is 5.67. The van der Waals surface area contributed by atoms with Crippen LogP contribution < -0.4 is 5.32 Å². The summed E-state index contributed by atoms with van der Waals surface area (Å²) in [7, 11) is 0. The van der Waals surface area contributed by atoms with Gasteiger partial charge >= 0.3 is 5.97 Å². The Morgan fingerprint density at radius 2 is 2.17 bits per heavy atom. The highest BCUT2D eigenvalue weighted by atomic mass is 16.4. The highest BCUT2D eigenvalue weighted by Crippen LogP contribution is 2.13. The molecule has 5 heteroatoms. The number of rotatable bonds is 5. The number of hydrogen-bond acceptors (Lipinski definition) is 3. The summed E-state index contributed by atoms with van der Waals surface area (Å²) in [4.78, 5) is 22.9. The van der Waals surface area contributed by atoms with Gasteiger partial charge in [-0.15, -0.1) is 0 Å². The van der Waals surface area contributed by atoms with E-state index in [0.717, 1.165) is 0 Å². The van der Waals surface area contributed by atoms with Crippen molar-refractivity contribution in [3.05, 3.63) is 35.3 Å². The molecular formula is C13H17NO4. The van der Waals surface area contributed by atoms with Crippen molar-refractivity contribution in [1.82, 2.24) is 5.32 Å². The number of carboxylic acids is 1. The smallest absolute Gasteiger partial charge is 0.326 e. The van der Waals surface area contributed by atoms with E-state index in [9.17, 15) is 9.59 Å². The lowest BCUT2D eigenvalue weighted by Crippen LogP contribution is -2.40. The summed E-state index contributed by atoms with van der Waals surface area (Å²) >= 11 is 0. The van der Waals surface area contributed by atoms with E-state index in [1.54, 1.807) is 39.0 Å². The molecule has 5 nitrogen and oxygen atoms in total. The number of nitrogens with one attached hydrogen (secondary N) is 1. The topological polar surface area (TPSA) is 79.5 Å². The summed E-state index contributed by atoms with van der Waals surface area (Å²) < 4.78 is 5.24. The van der Waals surface area contributed by atoms with Crippen LogP contribution in [0.2, 0.25) is 0 Å². The molecule has 0 saturated heterocycles. The number of amides is 1. The lowest BCUT2D eigenvalue weighted by molar-refractivity contribution is -0.139. The second-order valence-electron chi connectivity index (χ2n) is 4.00. The minimum atomic E-state index is -1.06. The normalized spacial score (nSPS) is 12.6. The van der Waals surface area contributed by atoms with E-state index in [-0.39, 0.29) is 6.42 Å². The van der Waals surface area contributed by atoms with Crippen LogP contribution in [0, 0.1) is 13.8 Å². The fourth-order valence-electron chi connectivity index (χ4n) is 1.59. The van der Waals surface area contributed by atoms with Crippen molar-refractivity contribution in [2.75, 3.05) is 0 Å². The van der Waals surface area contributed by atoms with Crippen LogP contribution >= 0.6 is 0 Å². The standard InChI is InChI=1S/C13H17NO4/c1-4-5-6-11(13(16)17)14-12(15)10-7-8(2)18-9(10)3/h4-5,7,11H,6H2,1-3H3,(H,14,15)(H,16,17)/b5-4+. The van der Waals surface area contributed by atoms with Gasteiger partial charge in [-0.25, -0.2) is 4.79 Å². The van der Waals surface area contributed by atoms with Crippen LogP contribution in [-0.4, -0.2) is 23.0 Å². The molecule has 0 spiro atoms. The largest absolute Gasteiger partial charge is 0.480 e. The van der Waals surface area contributed by atoms with Crippen LogP contribution in [0.4, 0.5) is 0 Å². The predicted octanol–water partition coefficient (Wildman–Crippen LogP) is 2.05. The van der Waals surface area contributed by atoms with Crippen molar-refractivity contribution in [2.45, 2.75) is 33.2 Å². The number of furan rings is 1. The Morgan fingerprint density at radius 1 is 1.50 bits per heavy atom. The third-order valence-electron chi connectivity index (χ3n) is 2.50. The summed E-state index contributed by atoms with van der Waals surface area (Å²) in [5.74, 6) is -0.376. The lowest BCUT2D eigenvalue weighted by atomic mass is 10.1. The van der Waals surface area contributed by atoms with E-state index >= 15 is 0 Å². The monoisotopic (exact) mass is 251 g/mol. The van der Waals surface area contributed by atoms with Gasteiger partial charge in [-0.2, -0.15) is 0 Å². The number of carbonyl (C=O) groups is 2. The van der Waals surface area contributed by atoms with Gasteiger partial charge in [0.15, 0.2) is 0 Å². The summed E-state index contributed by atoms with van der Waals surface area (Å²) in [6, 6.07) is 0.669. The Kier molecular flexibility index (Phi) is 4.71. The summed E-state index contributed by atoms with van der Waals surface area (Å²) in [6.45, 7) is 5.20. The second-order valence-corrected chi connectivity index (χ2v) is 4.00. The second kappa shape index (κ2) is 6.05. The fourth-order valence-corrected chi connectivity index (χ4v) is 1.59. The molecule has 0 saturated carbocycles. The van der Waals surface area contributed by atoms with Gasteiger partial charge in [0.25, 0.3) is 5.91 Å². The maximum absolute atomic E-state index is 11.9. The number of carboxylic acid groups (broad SMARTS) is 1. The van der Waals surface area contributed by atoms with Crippen LogP contribution in [0.25, 0.3) is 0 Å². The van der Waals surface area contributed by atoms with E-state index in [1.165, 1.54) is 0 Å². The molecule has 0 radical (unpaired) electrons. The third kappa shape index (κ3) is 3.48. The zero-order valence-electron chi connectivity index (χ0n) is 10.7. The Bertz CT molecular complexity index is 473. The minimum Gasteiger partial charge on any atom is -0.480 e. The highest BCUT2D eigenvalue weighted by Gasteiger charge is 2.21. The van der Waals surface area contributed by atoms with Crippen LogP contribution in [0.1, 0.15) is 35.2 Å². The number of carbonyl (C=O) groups excluding carboxylic acids is 1. The van der Waals surface area contributed by atoms with Crippen molar-refractivity contribution in [2.24, 2.45) is 0 Å². The van der Waals surface area contributed by atoms with Crippen molar-refractivity contribution in [3.8, 4) is 0 Å². The molecular weight excluding hydrogens is 234 g/mol. The molecule has 1 aromatic heterocycles. The number of aliphatic carboxylic acids is 1. The van der Waals surface area contributed by atoms with Gasteiger partial charge < -0.3 is 14.8 Å². The van der Waals surface area contributed by atoms with Crippen molar-refractivity contribution in [1.29, 1.82) is 0 Å². The summed E-state index contributed by atoms with van der Waals surface area (Å²) in [5.41, 5.74) is 0.374. The van der Waals surface area contributed by atoms with Crippen LogP contribution in [0.3, 0.4) is 0 Å². The predicted molar refractivity (Wildman–Crippen MR) is 66.5 cm³/mol. The van der Waals surface area contributed by atoms with Gasteiger partial charge in [-0.1, -0.05) is 12.2 Å². The molecule has 0 aliphatic carbocycles. The Labute approximate surface area is 105 Å². The van der Waals surface area contributed by atoms with Crippen LogP contribution in [-0.2, 0) is 4.79 Å². The summed E-state index contributed by atoms with van der Waals surface area (Å²) in [6.07, 6.45) is 3.70. The molecule has 0 bridgehead atoms. The van der Waals surface area contributed by atoms with Gasteiger partial charge in [0, 0.05) is 0 Å². The molecule has 2 N–H and O–H groups in total. The molecule has 0 aliphatic heterocycles. The SMILES string of the molecule is C/C=C/CC(NC(=O)c1cc(C)oc1C)C(=O)O. The molecule has 98 valence electrons. The average Bonchev–Trinajstić information content (AvgIpc) is 2.63. The Balaban J connectivity index is 2.78. The minimum absolute atomic E-state index is 0.257. The first-order chi connectivity index (χ1) is 8.45. The molecule has 0 aromatic carbocycles. The average molecular weight is 251 g/mol. The van der Waals surface area contributed by atoms with E-state index in [0.29, 0.717) is 17.1 Å². The van der Waals surface area contributed by atoms with E-state index < -0.39 is 17.9 Å². The molecule has 0 aliphatic rings. The number of aryl methyl sites for hydroxylation is 2. The molecule has 1 atom stereocenters. The molecule has 18 heavy (non-hydrogen) atoms. The Morgan fingerprint density at radius 3 is 2.61 bits per heavy atom. The molecule has 1 heterocycles. The quantitative estimate of drug-likeness (QED) is 0.785. The zero-order valence-corrected chi connectivity index (χ0v) is 10.7. The van der Waals surface area contributed by atoms with E-state index in [1.807, 2.05) is 0 Å². The van der Waals surface area contributed by atoms with Crippen molar-refractivity contribution < 1.29 is 19.1 Å². The first-order valence-electron chi connectivity index (χ1n) is 5.67. The number of hydrogen-bond donors (Lipinski definition) is 2. The molecule has 0 fully saturated rings. The van der Waals surface area contributed by atoms with Gasteiger partial charge in [-0.05, 0) is 33.3 Å². The third-order valence-corrected chi connectivity index (χ3v) is 2.50. The zero-order chi connectivity index (χ0) is 13.7. The lowest BCUT2D eigenvalue weighted by Gasteiger charge is -2.11. The highest BCUT2D eigenvalue weighted by molar-refractivity contribution is 5.97. The summed E-state index contributed by atoms with van der Waals surface area (Å²) in [5, 5.41) is 11.5. The Hall–Kier alpha value is -2.04. The van der Waals surface area contributed by atoms with Gasteiger partial charge in [0.05, 0.1) is 5.56 Å². The van der Waals surface area contributed by atoms with Crippen LogP contribution in [0.15, 0.2) is 22.6 Å². The van der Waals surface area contributed by atoms with Crippen molar-refractivity contribution >= 4 is 11.9 Å². The maximum atomic E-state index is 11.9. The maximum Gasteiger partial charge on any atom is 0.326 e. The van der Waals surface area contributed by atoms with Crippen LogP contribution in [0.5, 0.6) is 0 Å². The molecule has 1 rings (SSSR count).